The van der Waals surface area contributed by atoms with Crippen molar-refractivity contribution in [3.63, 3.8) is 0 Å². The molecule has 2 aromatic rings. The van der Waals surface area contributed by atoms with Crippen LogP contribution in [-0.4, -0.2) is 18.1 Å². The number of hydrogen-bond acceptors (Lipinski definition) is 2. The molecule has 25 heavy (non-hydrogen) atoms. The molecule has 2 nitrogen and oxygen atoms in total. The molecule has 0 spiro atoms. The molecule has 0 amide bonds. The number of halogens is 1. The predicted octanol–water partition coefficient (Wildman–Crippen LogP) is 4.78. The molecule has 2 fully saturated rings. The molecule has 1 aromatic heterocycles. The Labute approximate surface area is 149 Å². The van der Waals surface area contributed by atoms with Crippen LogP contribution in [0, 0.1) is 29.5 Å². The normalized spacial score (nSPS) is 29.0. The Morgan fingerprint density at radius 2 is 2.12 bits per heavy atom. The number of pyridine rings is 1. The lowest BCUT2D eigenvalue weighted by Crippen LogP contribution is -2.35. The smallest absolute Gasteiger partial charge is 0.123 e. The van der Waals surface area contributed by atoms with Crippen LogP contribution in [0.2, 0.25) is 0 Å². The van der Waals surface area contributed by atoms with Crippen molar-refractivity contribution in [2.75, 3.05) is 13.1 Å². The molecule has 4 rings (SSSR count). The molecule has 1 aromatic carbocycles. The molecule has 3 heteroatoms. The first-order valence-electron chi connectivity index (χ1n) is 9.31. The summed E-state index contributed by atoms with van der Waals surface area (Å²) in [5.41, 5.74) is 2.79. The molecular weight excluding hydrogens is 311 g/mol. The van der Waals surface area contributed by atoms with Crippen molar-refractivity contribution in [2.24, 2.45) is 23.7 Å². The van der Waals surface area contributed by atoms with E-state index in [-0.39, 0.29) is 5.82 Å². The van der Waals surface area contributed by atoms with E-state index >= 15 is 0 Å². The summed E-state index contributed by atoms with van der Waals surface area (Å²) in [6.07, 6.45) is 9.00. The van der Waals surface area contributed by atoms with Gasteiger partial charge >= 0.3 is 0 Å². The fourth-order valence-corrected chi connectivity index (χ4v) is 4.65. The minimum atomic E-state index is -0.215. The maximum atomic E-state index is 13.4. The molecule has 1 N–H and O–H groups in total. The second kappa shape index (κ2) is 7.09. The molecule has 2 aliphatic rings. The van der Waals surface area contributed by atoms with Gasteiger partial charge in [0.2, 0.25) is 0 Å². The van der Waals surface area contributed by atoms with Crippen LogP contribution in [0.1, 0.15) is 25.5 Å². The minimum Gasteiger partial charge on any atom is -0.316 e. The monoisotopic (exact) mass is 336 g/mol. The molecule has 130 valence electrons. The lowest BCUT2D eigenvalue weighted by molar-refractivity contribution is 0.263. The van der Waals surface area contributed by atoms with Crippen LogP contribution in [0.5, 0.6) is 0 Å². The predicted molar refractivity (Wildman–Crippen MR) is 100 cm³/mol. The van der Waals surface area contributed by atoms with E-state index < -0.39 is 0 Å². The molecule has 2 heterocycles. The van der Waals surface area contributed by atoms with Crippen LogP contribution in [0.4, 0.5) is 4.39 Å². The molecule has 1 aliphatic carbocycles. The van der Waals surface area contributed by atoms with Crippen molar-refractivity contribution >= 4 is 6.08 Å². The molecule has 1 saturated carbocycles. The first-order chi connectivity index (χ1) is 12.2. The molecular formula is C22H25FN2. The zero-order chi connectivity index (χ0) is 17.2. The third-order valence-electron chi connectivity index (χ3n) is 5.93. The minimum absolute atomic E-state index is 0.215. The summed E-state index contributed by atoms with van der Waals surface area (Å²) >= 11 is 0. The summed E-state index contributed by atoms with van der Waals surface area (Å²) in [4.78, 5) is 4.55. The van der Waals surface area contributed by atoms with Crippen LogP contribution < -0.4 is 5.32 Å². The van der Waals surface area contributed by atoms with E-state index in [1.54, 1.807) is 12.1 Å². The van der Waals surface area contributed by atoms with Crippen molar-refractivity contribution < 1.29 is 4.39 Å². The summed E-state index contributed by atoms with van der Waals surface area (Å²) < 4.78 is 13.4. The molecule has 0 radical (unpaired) electrons. The zero-order valence-corrected chi connectivity index (χ0v) is 14.7. The maximum Gasteiger partial charge on any atom is 0.123 e. The van der Waals surface area contributed by atoms with Crippen LogP contribution in [-0.2, 0) is 0 Å². The number of fused-ring (bicyclic) bond motifs is 1. The van der Waals surface area contributed by atoms with Crippen LogP contribution in [0.3, 0.4) is 0 Å². The molecule has 0 bridgehead atoms. The van der Waals surface area contributed by atoms with Gasteiger partial charge in [0.1, 0.15) is 5.82 Å². The van der Waals surface area contributed by atoms with Gasteiger partial charge in [0.15, 0.2) is 0 Å². The average molecular weight is 336 g/mol. The van der Waals surface area contributed by atoms with Gasteiger partial charge in [-0.05, 0) is 79.4 Å². The standard InChI is InChI=1S/C22H25FN2/c1-15-11-18-13-24-10-9-22(18)21(15)8-7-20-6-5-17(14-25-20)16-3-2-4-19(23)12-16/h2-8,12,14-15,18,21-22,24H,9-11,13H2,1H3/b8-7+/t15?,18-,21+,22+/m0/s1. The SMILES string of the molecule is CC1C[C@H]2CNCC[C@H]2[C@@H]1/C=C/c1ccc(-c2cccc(F)c2)cn1. The van der Waals surface area contributed by atoms with Crippen LogP contribution in [0.15, 0.2) is 48.7 Å². The highest BCUT2D eigenvalue weighted by Crippen LogP contribution is 2.45. The fraction of sp³-hybridized carbons (Fsp3) is 0.409. The lowest BCUT2D eigenvalue weighted by Gasteiger charge is -2.29. The van der Waals surface area contributed by atoms with E-state index in [9.17, 15) is 4.39 Å². The maximum absolute atomic E-state index is 13.4. The van der Waals surface area contributed by atoms with Crippen LogP contribution >= 0.6 is 0 Å². The summed E-state index contributed by atoms with van der Waals surface area (Å²) in [6, 6.07) is 10.7. The van der Waals surface area contributed by atoms with Gasteiger partial charge in [0.05, 0.1) is 5.69 Å². The van der Waals surface area contributed by atoms with Crippen LogP contribution in [0.25, 0.3) is 17.2 Å². The molecule has 4 atom stereocenters. The third-order valence-corrected chi connectivity index (χ3v) is 5.93. The summed E-state index contributed by atoms with van der Waals surface area (Å²) in [7, 11) is 0. The van der Waals surface area contributed by atoms with Crippen molar-refractivity contribution in [3.05, 3.63) is 60.2 Å². The van der Waals surface area contributed by atoms with E-state index in [4.69, 9.17) is 0 Å². The van der Waals surface area contributed by atoms with E-state index in [0.29, 0.717) is 5.92 Å². The third kappa shape index (κ3) is 3.52. The second-order valence-electron chi connectivity index (χ2n) is 7.55. The van der Waals surface area contributed by atoms with Gasteiger partial charge < -0.3 is 5.32 Å². The molecule has 1 unspecified atom stereocenters. The summed E-state index contributed by atoms with van der Waals surface area (Å²) in [5.74, 6) is 2.85. The number of benzene rings is 1. The van der Waals surface area contributed by atoms with E-state index in [1.165, 1.54) is 25.5 Å². The number of rotatable bonds is 3. The Bertz CT molecular complexity index is 753. The number of nitrogens with zero attached hydrogens (tertiary/aromatic N) is 1. The largest absolute Gasteiger partial charge is 0.316 e. The quantitative estimate of drug-likeness (QED) is 0.872. The van der Waals surface area contributed by atoms with E-state index in [0.717, 1.165) is 41.1 Å². The van der Waals surface area contributed by atoms with Gasteiger partial charge in [-0.15, -0.1) is 0 Å². The molecule has 1 saturated heterocycles. The van der Waals surface area contributed by atoms with Crippen molar-refractivity contribution in [1.29, 1.82) is 0 Å². The van der Waals surface area contributed by atoms with Gasteiger partial charge in [-0.25, -0.2) is 4.39 Å². The Morgan fingerprint density at radius 3 is 2.92 bits per heavy atom. The summed E-state index contributed by atoms with van der Waals surface area (Å²) in [6.45, 7) is 4.71. The van der Waals surface area contributed by atoms with Gasteiger partial charge in [0, 0.05) is 11.8 Å². The van der Waals surface area contributed by atoms with Crippen molar-refractivity contribution in [2.45, 2.75) is 19.8 Å². The Kier molecular flexibility index (Phi) is 4.67. The zero-order valence-electron chi connectivity index (χ0n) is 14.7. The number of allylic oxidation sites excluding steroid dienone is 1. The lowest BCUT2D eigenvalue weighted by atomic mass is 9.82. The number of nitrogens with one attached hydrogen (secondary N) is 1. The fourth-order valence-electron chi connectivity index (χ4n) is 4.65. The van der Waals surface area contributed by atoms with E-state index in [1.807, 2.05) is 24.4 Å². The molecule has 1 aliphatic heterocycles. The van der Waals surface area contributed by atoms with Gasteiger partial charge in [-0.3, -0.25) is 4.98 Å². The second-order valence-corrected chi connectivity index (χ2v) is 7.55. The van der Waals surface area contributed by atoms with Crippen molar-refractivity contribution in [1.82, 2.24) is 10.3 Å². The number of piperidine rings is 1. The summed E-state index contributed by atoms with van der Waals surface area (Å²) in [5, 5.41) is 3.53. The van der Waals surface area contributed by atoms with Gasteiger partial charge in [-0.2, -0.15) is 0 Å². The Balaban J connectivity index is 1.48. The Morgan fingerprint density at radius 1 is 1.20 bits per heavy atom. The highest BCUT2D eigenvalue weighted by atomic mass is 19.1. The Hall–Kier alpha value is -2.00. The highest BCUT2D eigenvalue weighted by molar-refractivity contribution is 5.63. The topological polar surface area (TPSA) is 24.9 Å². The van der Waals surface area contributed by atoms with E-state index in [2.05, 4.69) is 29.4 Å². The first-order valence-corrected chi connectivity index (χ1v) is 9.31. The average Bonchev–Trinajstić information content (AvgIpc) is 2.95. The number of hydrogen-bond donors (Lipinski definition) is 1. The highest BCUT2D eigenvalue weighted by Gasteiger charge is 2.40. The number of aromatic nitrogens is 1. The van der Waals surface area contributed by atoms with Gasteiger partial charge in [0.25, 0.3) is 0 Å². The van der Waals surface area contributed by atoms with Gasteiger partial charge in [-0.1, -0.05) is 31.2 Å². The van der Waals surface area contributed by atoms with Crippen molar-refractivity contribution in [3.8, 4) is 11.1 Å². The first kappa shape index (κ1) is 16.5.